The van der Waals surface area contributed by atoms with E-state index in [0.29, 0.717) is 12.0 Å². The molecule has 4 heteroatoms. The summed E-state index contributed by atoms with van der Waals surface area (Å²) in [5.41, 5.74) is 4.28. The first-order valence-corrected chi connectivity index (χ1v) is 10.4. The Kier molecular flexibility index (Phi) is 11.1. The van der Waals surface area contributed by atoms with Gasteiger partial charge in [-0.15, -0.1) is 0 Å². The standard InChI is InChI=1S/C24H38O2.BHS/c1-17(2)10-9-11-18(3)12-13-20-21(25)14-19(15-22(20)26)24(7,8)16-23(4,5)6;1-2/h10,12,14-15,25-26H,9,11,13,16H2,1-8H3;2H/b18-12+;. The summed E-state index contributed by atoms with van der Waals surface area (Å²) in [5.74, 6) is 0.380. The van der Waals surface area contributed by atoms with Gasteiger partial charge in [-0.1, -0.05) is 57.9 Å². The van der Waals surface area contributed by atoms with Crippen molar-refractivity contribution in [2.75, 3.05) is 0 Å². The van der Waals surface area contributed by atoms with Crippen LogP contribution in [-0.4, -0.2) is 17.3 Å². The zero-order chi connectivity index (χ0) is 22.1. The van der Waals surface area contributed by atoms with E-state index in [1.807, 2.05) is 12.1 Å². The van der Waals surface area contributed by atoms with Gasteiger partial charge in [0.05, 0.1) is 0 Å². The monoisotopic (exact) mass is 402 g/mol. The van der Waals surface area contributed by atoms with Crippen LogP contribution < -0.4 is 0 Å². The fraction of sp³-hybridized carbons (Fsp3) is 0.583. The molecule has 0 aliphatic rings. The summed E-state index contributed by atoms with van der Waals surface area (Å²) in [7, 11) is 4.19. The topological polar surface area (TPSA) is 40.5 Å². The Balaban J connectivity index is 0.00000352. The van der Waals surface area contributed by atoms with Crippen LogP contribution in [0.25, 0.3) is 0 Å². The van der Waals surface area contributed by atoms with Crippen molar-refractivity contribution >= 4 is 19.6 Å². The summed E-state index contributed by atoms with van der Waals surface area (Å²) < 4.78 is 0. The second-order valence-corrected chi connectivity index (χ2v) is 9.69. The summed E-state index contributed by atoms with van der Waals surface area (Å²) in [6.07, 6.45) is 7.90. The normalized spacial score (nSPS) is 12.2. The van der Waals surface area contributed by atoms with E-state index >= 15 is 0 Å². The molecule has 1 aromatic rings. The third kappa shape index (κ3) is 9.77. The summed E-state index contributed by atoms with van der Waals surface area (Å²) in [6.45, 7) is 17.3. The van der Waals surface area contributed by atoms with Gasteiger partial charge >= 0.3 is 0 Å². The molecule has 0 spiro atoms. The van der Waals surface area contributed by atoms with Gasteiger partial charge in [0.25, 0.3) is 0 Å². The fourth-order valence-electron chi connectivity index (χ4n) is 3.64. The average Bonchev–Trinajstić information content (AvgIpc) is 2.53. The predicted octanol–water partition coefficient (Wildman–Crippen LogP) is 7.05. The molecule has 0 aliphatic heterocycles. The van der Waals surface area contributed by atoms with Crippen molar-refractivity contribution in [1.29, 1.82) is 0 Å². The quantitative estimate of drug-likeness (QED) is 0.260. The number of hydrogen-bond donors (Lipinski definition) is 3. The molecule has 0 saturated carbocycles. The molecule has 0 amide bonds. The Morgan fingerprint density at radius 3 is 1.89 bits per heavy atom. The third-order valence-electron chi connectivity index (χ3n) is 4.70. The van der Waals surface area contributed by atoms with Crippen LogP contribution in [0.5, 0.6) is 11.5 Å². The Labute approximate surface area is 179 Å². The molecule has 1 aromatic carbocycles. The number of allylic oxidation sites excluding steroid dienone is 4. The number of rotatable bonds is 7. The van der Waals surface area contributed by atoms with Crippen molar-refractivity contribution in [2.45, 2.75) is 86.5 Å². The molecule has 0 saturated heterocycles. The molecule has 0 heterocycles. The molecule has 2 N–H and O–H groups in total. The van der Waals surface area contributed by atoms with Crippen LogP contribution in [0.15, 0.2) is 35.4 Å². The maximum Gasteiger partial charge on any atom is 0.156 e. The van der Waals surface area contributed by atoms with Crippen LogP contribution in [0.1, 0.15) is 85.8 Å². The molecule has 0 aliphatic carbocycles. The van der Waals surface area contributed by atoms with Crippen molar-refractivity contribution in [3.05, 3.63) is 46.6 Å². The lowest BCUT2D eigenvalue weighted by Gasteiger charge is -2.33. The maximum atomic E-state index is 10.5. The molecule has 156 valence electrons. The first kappa shape index (κ1) is 26.7. The average molecular weight is 402 g/mol. The summed E-state index contributed by atoms with van der Waals surface area (Å²) in [4.78, 5) is 0. The van der Waals surface area contributed by atoms with Gasteiger partial charge in [0, 0.05) is 5.56 Å². The Bertz CT molecular complexity index is 655. The Morgan fingerprint density at radius 1 is 0.964 bits per heavy atom. The summed E-state index contributed by atoms with van der Waals surface area (Å²) >= 11 is 3.03. The molecule has 2 nitrogen and oxygen atoms in total. The second-order valence-electron chi connectivity index (χ2n) is 9.69. The fourth-order valence-corrected chi connectivity index (χ4v) is 3.64. The van der Waals surface area contributed by atoms with Crippen LogP contribution >= 0.6 is 12.5 Å². The molecule has 0 bridgehead atoms. The third-order valence-corrected chi connectivity index (χ3v) is 4.70. The van der Waals surface area contributed by atoms with Gasteiger partial charge in [-0.3, -0.25) is 0 Å². The van der Waals surface area contributed by atoms with Gasteiger partial charge in [0.15, 0.2) is 7.12 Å². The first-order valence-electron chi connectivity index (χ1n) is 9.92. The van der Waals surface area contributed by atoms with Crippen LogP contribution in [0.2, 0.25) is 0 Å². The van der Waals surface area contributed by atoms with E-state index in [4.69, 9.17) is 0 Å². The highest BCUT2D eigenvalue weighted by molar-refractivity contribution is 8.03. The van der Waals surface area contributed by atoms with Gasteiger partial charge in [0.2, 0.25) is 0 Å². The van der Waals surface area contributed by atoms with Gasteiger partial charge < -0.3 is 10.2 Å². The zero-order valence-electron chi connectivity index (χ0n) is 19.1. The highest BCUT2D eigenvalue weighted by Gasteiger charge is 2.28. The lowest BCUT2D eigenvalue weighted by molar-refractivity contribution is 0.282. The van der Waals surface area contributed by atoms with E-state index in [-0.39, 0.29) is 22.3 Å². The second kappa shape index (κ2) is 11.7. The van der Waals surface area contributed by atoms with Crippen molar-refractivity contribution in [2.24, 2.45) is 5.41 Å². The number of phenols is 2. The SMILES string of the molecule is CC(C)=CCC/C(C)=C/Cc1c(O)cc(C(C)(C)CC(C)(C)C)cc1O.[B]S. The molecule has 0 fully saturated rings. The van der Waals surface area contributed by atoms with E-state index in [0.717, 1.165) is 24.8 Å². The lowest BCUT2D eigenvalue weighted by atomic mass is 9.72. The number of thiol groups is 1. The number of aromatic hydroxyl groups is 2. The highest BCUT2D eigenvalue weighted by Crippen LogP contribution is 2.40. The summed E-state index contributed by atoms with van der Waals surface area (Å²) in [5, 5.41) is 21.0. The number of phenolic OH excluding ortho intramolecular Hbond substituents is 2. The molecule has 2 radical (unpaired) electrons. The van der Waals surface area contributed by atoms with Crippen molar-refractivity contribution < 1.29 is 10.2 Å². The van der Waals surface area contributed by atoms with E-state index in [9.17, 15) is 10.2 Å². The minimum Gasteiger partial charge on any atom is -0.508 e. The molecule has 0 atom stereocenters. The smallest absolute Gasteiger partial charge is 0.156 e. The van der Waals surface area contributed by atoms with Gasteiger partial charge in [0.1, 0.15) is 11.5 Å². The van der Waals surface area contributed by atoms with Crippen molar-refractivity contribution in [1.82, 2.24) is 0 Å². The number of hydrogen-bond acceptors (Lipinski definition) is 3. The van der Waals surface area contributed by atoms with E-state index in [2.05, 4.69) is 87.1 Å². The minimum absolute atomic E-state index is 0.109. The van der Waals surface area contributed by atoms with Crippen LogP contribution in [0.4, 0.5) is 0 Å². The zero-order valence-corrected chi connectivity index (χ0v) is 20.0. The van der Waals surface area contributed by atoms with E-state index in [1.165, 1.54) is 11.1 Å². The molecule has 1 rings (SSSR count). The summed E-state index contributed by atoms with van der Waals surface area (Å²) in [6, 6.07) is 3.65. The molecular weight excluding hydrogens is 363 g/mol. The van der Waals surface area contributed by atoms with Crippen LogP contribution in [-0.2, 0) is 11.8 Å². The van der Waals surface area contributed by atoms with Crippen molar-refractivity contribution in [3.63, 3.8) is 0 Å². The Morgan fingerprint density at radius 2 is 1.46 bits per heavy atom. The van der Waals surface area contributed by atoms with Crippen LogP contribution in [0.3, 0.4) is 0 Å². The van der Waals surface area contributed by atoms with Crippen molar-refractivity contribution in [3.8, 4) is 11.5 Å². The molecule has 28 heavy (non-hydrogen) atoms. The lowest BCUT2D eigenvalue weighted by Crippen LogP contribution is -2.24. The minimum atomic E-state index is -0.109. The Hall–Kier alpha value is -1.29. The molecule has 0 unspecified atom stereocenters. The maximum absolute atomic E-state index is 10.5. The van der Waals surface area contributed by atoms with E-state index in [1.54, 1.807) is 0 Å². The predicted molar refractivity (Wildman–Crippen MR) is 128 cm³/mol. The number of benzene rings is 1. The van der Waals surface area contributed by atoms with Crippen LogP contribution in [0, 0.1) is 5.41 Å². The molecule has 0 aromatic heterocycles. The first-order chi connectivity index (χ1) is 12.8. The van der Waals surface area contributed by atoms with Gasteiger partial charge in [-0.05, 0) is 75.0 Å². The largest absolute Gasteiger partial charge is 0.508 e. The van der Waals surface area contributed by atoms with E-state index < -0.39 is 0 Å². The molecular formula is C24H39BO2S. The highest BCUT2D eigenvalue weighted by atomic mass is 32.1. The van der Waals surface area contributed by atoms with Gasteiger partial charge in [-0.25, -0.2) is 12.5 Å². The van der Waals surface area contributed by atoms with Gasteiger partial charge in [-0.2, -0.15) is 0 Å².